The molecule has 3 unspecified atom stereocenters. The van der Waals surface area contributed by atoms with Crippen LogP contribution in [0.4, 0.5) is 0 Å². The summed E-state index contributed by atoms with van der Waals surface area (Å²) in [5.74, 6) is -2.07. The molecule has 0 fully saturated rings. The van der Waals surface area contributed by atoms with E-state index in [4.69, 9.17) is 32.7 Å². The Morgan fingerprint density at radius 1 is 1.12 bits per heavy atom. The highest BCUT2D eigenvalue weighted by Crippen LogP contribution is 2.41. The van der Waals surface area contributed by atoms with E-state index in [2.05, 4.69) is 5.32 Å². The fraction of sp³-hybridized carbons (Fsp3) is 0.412. The van der Waals surface area contributed by atoms with Crippen molar-refractivity contribution in [1.29, 1.82) is 0 Å². The molecule has 130 valence electrons. The van der Waals surface area contributed by atoms with E-state index in [9.17, 15) is 9.59 Å². The van der Waals surface area contributed by atoms with Crippen molar-refractivity contribution < 1.29 is 19.1 Å². The number of nitrogens with one attached hydrogen (secondary N) is 1. The highest BCUT2D eigenvalue weighted by Gasteiger charge is 2.44. The molecular formula is C17H19Cl2NO4. The van der Waals surface area contributed by atoms with Crippen LogP contribution in [-0.2, 0) is 19.1 Å². The Kier molecular flexibility index (Phi) is 5.78. The quantitative estimate of drug-likeness (QED) is 0.825. The SMILES string of the molecule is COC(=O)C1=C(C)NC(C)C(C(=O)OC)C1c1ccc(Cl)c(Cl)c1. The van der Waals surface area contributed by atoms with Gasteiger partial charge in [-0.3, -0.25) is 4.79 Å². The van der Waals surface area contributed by atoms with Crippen LogP contribution in [0.5, 0.6) is 0 Å². The molecule has 1 aliphatic heterocycles. The number of benzene rings is 1. The molecule has 0 radical (unpaired) electrons. The van der Waals surface area contributed by atoms with Crippen molar-refractivity contribution in [3.63, 3.8) is 0 Å². The summed E-state index contributed by atoms with van der Waals surface area (Å²) in [7, 11) is 2.63. The standard InChI is InChI=1S/C17H19Cl2NO4/c1-8-13(16(21)23-3)15(10-5-6-11(18)12(19)7-10)14(9(2)20-8)17(22)24-4/h5-8,13,15,20H,1-4H3. The maximum absolute atomic E-state index is 12.4. The van der Waals surface area contributed by atoms with E-state index in [1.165, 1.54) is 14.2 Å². The number of carbonyl (C=O) groups is 2. The predicted molar refractivity (Wildman–Crippen MR) is 92.0 cm³/mol. The van der Waals surface area contributed by atoms with Gasteiger partial charge < -0.3 is 14.8 Å². The number of halogens is 2. The van der Waals surface area contributed by atoms with Gasteiger partial charge in [0.1, 0.15) is 0 Å². The van der Waals surface area contributed by atoms with Gasteiger partial charge in [-0.25, -0.2) is 4.79 Å². The van der Waals surface area contributed by atoms with E-state index in [0.29, 0.717) is 26.9 Å². The van der Waals surface area contributed by atoms with Crippen LogP contribution in [0, 0.1) is 5.92 Å². The molecule has 1 aromatic carbocycles. The Bertz CT molecular complexity index is 702. The number of rotatable bonds is 3. The van der Waals surface area contributed by atoms with E-state index in [-0.39, 0.29) is 6.04 Å². The number of carbonyl (C=O) groups excluding carboxylic acids is 2. The van der Waals surface area contributed by atoms with E-state index in [1.54, 1.807) is 25.1 Å². The molecule has 5 nitrogen and oxygen atoms in total. The van der Waals surface area contributed by atoms with Crippen molar-refractivity contribution in [1.82, 2.24) is 5.32 Å². The van der Waals surface area contributed by atoms with Gasteiger partial charge in [0.05, 0.1) is 35.8 Å². The maximum Gasteiger partial charge on any atom is 0.336 e. The second-order valence-electron chi connectivity index (χ2n) is 5.66. The minimum absolute atomic E-state index is 0.231. The van der Waals surface area contributed by atoms with Crippen molar-refractivity contribution in [3.05, 3.63) is 45.1 Å². The molecule has 0 aliphatic carbocycles. The molecule has 7 heteroatoms. The highest BCUT2D eigenvalue weighted by atomic mass is 35.5. The maximum atomic E-state index is 12.4. The topological polar surface area (TPSA) is 64.6 Å². The molecule has 3 atom stereocenters. The van der Waals surface area contributed by atoms with Gasteiger partial charge in [0, 0.05) is 17.7 Å². The van der Waals surface area contributed by atoms with Gasteiger partial charge in [-0.15, -0.1) is 0 Å². The van der Waals surface area contributed by atoms with Crippen LogP contribution in [0.2, 0.25) is 10.0 Å². The molecule has 1 heterocycles. The number of allylic oxidation sites excluding steroid dienone is 1. The third kappa shape index (κ3) is 3.37. The molecule has 24 heavy (non-hydrogen) atoms. The molecule has 0 spiro atoms. The lowest BCUT2D eigenvalue weighted by atomic mass is 9.74. The van der Waals surface area contributed by atoms with Gasteiger partial charge in [-0.05, 0) is 31.5 Å². The molecule has 1 aromatic rings. The van der Waals surface area contributed by atoms with Crippen LogP contribution >= 0.6 is 23.2 Å². The first-order chi connectivity index (χ1) is 11.3. The zero-order valence-electron chi connectivity index (χ0n) is 13.9. The van der Waals surface area contributed by atoms with Crippen LogP contribution in [0.15, 0.2) is 29.5 Å². The first-order valence-electron chi connectivity index (χ1n) is 7.40. The third-order valence-electron chi connectivity index (χ3n) is 4.24. The zero-order chi connectivity index (χ0) is 18.0. The Morgan fingerprint density at radius 2 is 1.79 bits per heavy atom. The minimum Gasteiger partial charge on any atom is -0.469 e. The average Bonchev–Trinajstić information content (AvgIpc) is 2.55. The lowest BCUT2D eigenvalue weighted by molar-refractivity contribution is -0.147. The van der Waals surface area contributed by atoms with Crippen LogP contribution in [0.1, 0.15) is 25.3 Å². The van der Waals surface area contributed by atoms with Crippen molar-refractivity contribution in [2.75, 3.05) is 14.2 Å². The Hall–Kier alpha value is -1.72. The Labute approximate surface area is 150 Å². The fourth-order valence-electron chi connectivity index (χ4n) is 3.16. The summed E-state index contributed by atoms with van der Waals surface area (Å²) in [6.07, 6.45) is 0. The normalized spacial score (nSPS) is 23.5. The van der Waals surface area contributed by atoms with Crippen molar-refractivity contribution >= 4 is 35.1 Å². The van der Waals surface area contributed by atoms with Crippen LogP contribution in [-0.4, -0.2) is 32.2 Å². The Balaban J connectivity index is 2.67. The molecule has 0 bridgehead atoms. The smallest absolute Gasteiger partial charge is 0.336 e. The molecular weight excluding hydrogens is 353 g/mol. The predicted octanol–water partition coefficient (Wildman–Crippen LogP) is 3.30. The van der Waals surface area contributed by atoms with Gasteiger partial charge in [0.2, 0.25) is 0 Å². The zero-order valence-corrected chi connectivity index (χ0v) is 15.4. The number of ether oxygens (including phenoxy) is 2. The molecule has 0 aromatic heterocycles. The van der Waals surface area contributed by atoms with Gasteiger partial charge >= 0.3 is 11.9 Å². The van der Waals surface area contributed by atoms with Crippen molar-refractivity contribution in [3.8, 4) is 0 Å². The van der Waals surface area contributed by atoms with Crippen LogP contribution in [0.3, 0.4) is 0 Å². The molecule has 0 saturated heterocycles. The second kappa shape index (κ2) is 7.45. The van der Waals surface area contributed by atoms with E-state index in [0.717, 1.165) is 0 Å². The first-order valence-corrected chi connectivity index (χ1v) is 8.15. The summed E-state index contributed by atoms with van der Waals surface area (Å²) >= 11 is 12.1. The minimum atomic E-state index is -0.606. The van der Waals surface area contributed by atoms with Crippen molar-refractivity contribution in [2.45, 2.75) is 25.8 Å². The van der Waals surface area contributed by atoms with Crippen LogP contribution < -0.4 is 5.32 Å². The van der Waals surface area contributed by atoms with Crippen molar-refractivity contribution in [2.24, 2.45) is 5.92 Å². The second-order valence-corrected chi connectivity index (χ2v) is 6.48. The first kappa shape index (κ1) is 18.6. The fourth-order valence-corrected chi connectivity index (χ4v) is 3.46. The summed E-state index contributed by atoms with van der Waals surface area (Å²) in [4.78, 5) is 24.7. The van der Waals surface area contributed by atoms with E-state index in [1.807, 2.05) is 6.92 Å². The molecule has 0 saturated carbocycles. The number of esters is 2. The largest absolute Gasteiger partial charge is 0.469 e. The van der Waals surface area contributed by atoms with Gasteiger partial charge in [-0.1, -0.05) is 29.3 Å². The highest BCUT2D eigenvalue weighted by molar-refractivity contribution is 6.42. The summed E-state index contributed by atoms with van der Waals surface area (Å²) in [6, 6.07) is 4.83. The summed E-state index contributed by atoms with van der Waals surface area (Å²) in [5, 5.41) is 3.91. The third-order valence-corrected chi connectivity index (χ3v) is 4.98. The van der Waals surface area contributed by atoms with Gasteiger partial charge in [0.15, 0.2) is 0 Å². The monoisotopic (exact) mass is 371 g/mol. The van der Waals surface area contributed by atoms with E-state index < -0.39 is 23.8 Å². The summed E-state index contributed by atoms with van der Waals surface area (Å²) in [5.41, 5.74) is 1.74. The molecule has 0 amide bonds. The van der Waals surface area contributed by atoms with E-state index >= 15 is 0 Å². The lowest BCUT2D eigenvalue weighted by Crippen LogP contribution is -2.47. The summed E-state index contributed by atoms with van der Waals surface area (Å²) in [6.45, 7) is 3.64. The molecule has 2 rings (SSSR count). The van der Waals surface area contributed by atoms with Gasteiger partial charge in [0.25, 0.3) is 0 Å². The number of methoxy groups -OCH3 is 2. The number of hydrogen-bond acceptors (Lipinski definition) is 5. The number of hydrogen-bond donors (Lipinski definition) is 1. The molecule has 1 N–H and O–H groups in total. The Morgan fingerprint density at radius 3 is 2.33 bits per heavy atom. The van der Waals surface area contributed by atoms with Crippen LogP contribution in [0.25, 0.3) is 0 Å². The molecule has 1 aliphatic rings. The van der Waals surface area contributed by atoms with Gasteiger partial charge in [-0.2, -0.15) is 0 Å². The lowest BCUT2D eigenvalue weighted by Gasteiger charge is -2.37. The average molecular weight is 372 g/mol. The summed E-state index contributed by atoms with van der Waals surface area (Å²) < 4.78 is 9.86.